The number of morpholine rings is 1. The lowest BCUT2D eigenvalue weighted by atomic mass is 10.2. The van der Waals surface area contributed by atoms with Gasteiger partial charge in [-0.3, -0.25) is 4.79 Å². The van der Waals surface area contributed by atoms with Crippen molar-refractivity contribution < 1.29 is 14.3 Å². The zero-order valence-electron chi connectivity index (χ0n) is 14.2. The first-order chi connectivity index (χ1) is 12.3. The van der Waals surface area contributed by atoms with Crippen molar-refractivity contribution in [1.82, 2.24) is 10.6 Å². The minimum absolute atomic E-state index is 0.0121. The number of hydrogen-bond donors (Lipinski definition) is 2. The van der Waals surface area contributed by atoms with Gasteiger partial charge in [-0.1, -0.05) is 42.5 Å². The van der Waals surface area contributed by atoms with Crippen molar-refractivity contribution >= 4 is 5.91 Å². The molecule has 5 nitrogen and oxygen atoms in total. The van der Waals surface area contributed by atoms with Crippen molar-refractivity contribution in [3.8, 4) is 5.75 Å². The third-order valence-electron chi connectivity index (χ3n) is 4.08. The van der Waals surface area contributed by atoms with Crippen molar-refractivity contribution in [1.29, 1.82) is 0 Å². The SMILES string of the molecule is O=C(CC1CNCCO1)NCc1ccc(OCc2ccccc2)cc1. The molecule has 0 aromatic heterocycles. The quantitative estimate of drug-likeness (QED) is 0.812. The number of benzene rings is 2. The van der Waals surface area contributed by atoms with E-state index in [2.05, 4.69) is 10.6 Å². The minimum Gasteiger partial charge on any atom is -0.489 e. The first-order valence-electron chi connectivity index (χ1n) is 8.64. The number of carbonyl (C=O) groups is 1. The number of carbonyl (C=O) groups excluding carboxylic acids is 1. The molecule has 2 aromatic carbocycles. The van der Waals surface area contributed by atoms with Crippen LogP contribution in [-0.2, 0) is 22.7 Å². The Morgan fingerprint density at radius 1 is 1.12 bits per heavy atom. The third-order valence-corrected chi connectivity index (χ3v) is 4.08. The Labute approximate surface area is 148 Å². The van der Waals surface area contributed by atoms with Crippen LogP contribution in [0.2, 0.25) is 0 Å². The molecule has 1 atom stereocenters. The summed E-state index contributed by atoms with van der Waals surface area (Å²) in [5, 5.41) is 6.16. The Morgan fingerprint density at radius 2 is 1.92 bits per heavy atom. The van der Waals surface area contributed by atoms with Gasteiger partial charge >= 0.3 is 0 Å². The van der Waals surface area contributed by atoms with Gasteiger partial charge in [-0.25, -0.2) is 0 Å². The normalized spacial score (nSPS) is 17.0. The summed E-state index contributed by atoms with van der Waals surface area (Å²) in [7, 11) is 0. The number of hydrogen-bond acceptors (Lipinski definition) is 4. The molecule has 132 valence electrons. The van der Waals surface area contributed by atoms with E-state index in [9.17, 15) is 4.79 Å². The molecule has 1 unspecified atom stereocenters. The van der Waals surface area contributed by atoms with Crippen LogP contribution >= 0.6 is 0 Å². The number of ether oxygens (including phenoxy) is 2. The lowest BCUT2D eigenvalue weighted by Crippen LogP contribution is -2.41. The highest BCUT2D eigenvalue weighted by Crippen LogP contribution is 2.14. The lowest BCUT2D eigenvalue weighted by molar-refractivity contribution is -0.124. The first-order valence-corrected chi connectivity index (χ1v) is 8.64. The van der Waals surface area contributed by atoms with Crippen molar-refractivity contribution in [2.45, 2.75) is 25.7 Å². The summed E-state index contributed by atoms with van der Waals surface area (Å²) in [6, 6.07) is 17.9. The van der Waals surface area contributed by atoms with Gasteiger partial charge in [-0.05, 0) is 23.3 Å². The molecular weight excluding hydrogens is 316 g/mol. The molecule has 1 amide bonds. The average Bonchev–Trinajstić information content (AvgIpc) is 2.67. The van der Waals surface area contributed by atoms with Crippen LogP contribution in [0.4, 0.5) is 0 Å². The molecule has 1 aliphatic heterocycles. The molecule has 25 heavy (non-hydrogen) atoms. The standard InChI is InChI=1S/C20H24N2O3/c23-20(12-19-14-21-10-11-24-19)22-13-16-6-8-18(9-7-16)25-15-17-4-2-1-3-5-17/h1-9,19,21H,10-15H2,(H,22,23). The van der Waals surface area contributed by atoms with E-state index in [4.69, 9.17) is 9.47 Å². The van der Waals surface area contributed by atoms with E-state index in [1.807, 2.05) is 54.6 Å². The van der Waals surface area contributed by atoms with Gasteiger partial charge in [-0.15, -0.1) is 0 Å². The van der Waals surface area contributed by atoms with E-state index < -0.39 is 0 Å². The van der Waals surface area contributed by atoms with Crippen LogP contribution in [0.15, 0.2) is 54.6 Å². The van der Waals surface area contributed by atoms with E-state index in [1.165, 1.54) is 0 Å². The predicted octanol–water partition coefficient (Wildman–Crippen LogP) is 2.26. The summed E-state index contributed by atoms with van der Waals surface area (Å²) in [6.07, 6.45) is 0.369. The van der Waals surface area contributed by atoms with Gasteiger partial charge in [0, 0.05) is 19.6 Å². The largest absolute Gasteiger partial charge is 0.489 e. The van der Waals surface area contributed by atoms with Crippen LogP contribution in [0.3, 0.4) is 0 Å². The molecule has 2 aromatic rings. The molecule has 5 heteroatoms. The molecule has 2 N–H and O–H groups in total. The lowest BCUT2D eigenvalue weighted by Gasteiger charge is -2.23. The summed E-state index contributed by atoms with van der Waals surface area (Å²) in [5.41, 5.74) is 2.18. The molecular formula is C20H24N2O3. The van der Waals surface area contributed by atoms with Crippen molar-refractivity contribution in [2.75, 3.05) is 19.7 Å². The van der Waals surface area contributed by atoms with Crippen LogP contribution < -0.4 is 15.4 Å². The summed E-state index contributed by atoms with van der Waals surface area (Å²) in [5.74, 6) is 0.832. The Balaban J connectivity index is 1.40. The molecule has 0 radical (unpaired) electrons. The van der Waals surface area contributed by atoms with E-state index >= 15 is 0 Å². The second-order valence-corrected chi connectivity index (χ2v) is 6.10. The van der Waals surface area contributed by atoms with Gasteiger partial charge in [0.2, 0.25) is 5.91 Å². The van der Waals surface area contributed by atoms with Gasteiger partial charge in [0.1, 0.15) is 12.4 Å². The number of rotatable bonds is 7. The van der Waals surface area contributed by atoms with Gasteiger partial charge in [0.15, 0.2) is 0 Å². The minimum atomic E-state index is -0.0255. The Bertz CT molecular complexity index is 652. The molecule has 0 spiro atoms. The van der Waals surface area contributed by atoms with E-state index in [0.29, 0.717) is 26.2 Å². The molecule has 1 saturated heterocycles. The van der Waals surface area contributed by atoms with Gasteiger partial charge < -0.3 is 20.1 Å². The van der Waals surface area contributed by atoms with Gasteiger partial charge in [-0.2, -0.15) is 0 Å². The maximum Gasteiger partial charge on any atom is 0.222 e. The fourth-order valence-electron chi connectivity index (χ4n) is 2.67. The van der Waals surface area contributed by atoms with Crippen LogP contribution in [0.25, 0.3) is 0 Å². The Hall–Kier alpha value is -2.37. The first kappa shape index (κ1) is 17.5. The monoisotopic (exact) mass is 340 g/mol. The molecule has 1 heterocycles. The molecule has 0 saturated carbocycles. The van der Waals surface area contributed by atoms with Crippen LogP contribution in [0.1, 0.15) is 17.5 Å². The highest BCUT2D eigenvalue weighted by molar-refractivity contribution is 5.76. The second-order valence-electron chi connectivity index (χ2n) is 6.10. The second kappa shape index (κ2) is 9.20. The maximum atomic E-state index is 12.0. The van der Waals surface area contributed by atoms with E-state index in [-0.39, 0.29) is 12.0 Å². The Morgan fingerprint density at radius 3 is 2.64 bits per heavy atom. The third kappa shape index (κ3) is 5.89. The predicted molar refractivity (Wildman–Crippen MR) is 96.3 cm³/mol. The van der Waals surface area contributed by atoms with Gasteiger partial charge in [0.05, 0.1) is 19.1 Å². The summed E-state index contributed by atoms with van der Waals surface area (Å²) >= 11 is 0. The van der Waals surface area contributed by atoms with E-state index in [0.717, 1.165) is 30.0 Å². The van der Waals surface area contributed by atoms with Crippen LogP contribution in [0, 0.1) is 0 Å². The molecule has 3 rings (SSSR count). The zero-order chi connectivity index (χ0) is 17.3. The number of amides is 1. The van der Waals surface area contributed by atoms with Crippen LogP contribution in [0.5, 0.6) is 5.75 Å². The maximum absolute atomic E-state index is 12.0. The van der Waals surface area contributed by atoms with Crippen molar-refractivity contribution in [3.63, 3.8) is 0 Å². The highest BCUT2D eigenvalue weighted by Gasteiger charge is 2.16. The topological polar surface area (TPSA) is 59.6 Å². The molecule has 1 fully saturated rings. The highest BCUT2D eigenvalue weighted by atomic mass is 16.5. The summed E-state index contributed by atoms with van der Waals surface area (Å²) in [4.78, 5) is 12.0. The molecule has 0 bridgehead atoms. The average molecular weight is 340 g/mol. The van der Waals surface area contributed by atoms with Gasteiger partial charge in [0.25, 0.3) is 0 Å². The van der Waals surface area contributed by atoms with Crippen molar-refractivity contribution in [2.24, 2.45) is 0 Å². The molecule has 1 aliphatic rings. The fourth-order valence-corrected chi connectivity index (χ4v) is 2.67. The number of nitrogens with one attached hydrogen (secondary N) is 2. The van der Waals surface area contributed by atoms with Crippen molar-refractivity contribution in [3.05, 3.63) is 65.7 Å². The Kier molecular flexibility index (Phi) is 6.42. The molecule has 0 aliphatic carbocycles. The fraction of sp³-hybridized carbons (Fsp3) is 0.350. The summed E-state index contributed by atoms with van der Waals surface area (Å²) < 4.78 is 11.3. The van der Waals surface area contributed by atoms with Crippen LogP contribution in [-0.4, -0.2) is 31.7 Å². The smallest absolute Gasteiger partial charge is 0.222 e. The summed E-state index contributed by atoms with van der Waals surface area (Å²) in [6.45, 7) is 3.32. The zero-order valence-corrected chi connectivity index (χ0v) is 14.2. The van der Waals surface area contributed by atoms with E-state index in [1.54, 1.807) is 0 Å².